The van der Waals surface area contributed by atoms with Gasteiger partial charge in [-0.2, -0.15) is 0 Å². The molecule has 0 saturated carbocycles. The molecule has 1 aromatic carbocycles. The Bertz CT molecular complexity index is 645. The van der Waals surface area contributed by atoms with Gasteiger partial charge in [-0.3, -0.25) is 0 Å². The van der Waals surface area contributed by atoms with Crippen LogP contribution in [-0.4, -0.2) is 30.7 Å². The van der Waals surface area contributed by atoms with Crippen LogP contribution in [0, 0.1) is 0 Å². The average molecular weight is 339 g/mol. The molecule has 0 aliphatic rings. The second-order valence-electron chi connectivity index (χ2n) is 4.15. The van der Waals surface area contributed by atoms with Crippen molar-refractivity contribution in [2.75, 3.05) is 25.1 Å². The number of rotatable bonds is 8. The van der Waals surface area contributed by atoms with Crippen molar-refractivity contribution >= 4 is 34.0 Å². The van der Waals surface area contributed by atoms with Gasteiger partial charge in [0.1, 0.15) is 19.0 Å². The Hall–Kier alpha value is -2.05. The first-order valence-corrected chi connectivity index (χ1v) is 7.80. The predicted octanol–water partition coefficient (Wildman–Crippen LogP) is 3.63. The van der Waals surface area contributed by atoms with Crippen molar-refractivity contribution in [1.82, 2.24) is 4.98 Å². The van der Waals surface area contributed by atoms with Gasteiger partial charge < -0.3 is 14.8 Å². The molecule has 22 heavy (non-hydrogen) atoms. The topological polar surface area (TPSA) is 60.5 Å². The van der Waals surface area contributed by atoms with Gasteiger partial charge in [0.05, 0.1) is 0 Å². The van der Waals surface area contributed by atoms with Gasteiger partial charge in [0.2, 0.25) is 0 Å². The normalized spacial score (nSPS) is 10.0. The summed E-state index contributed by atoms with van der Waals surface area (Å²) in [5.41, 5.74) is 0.277. The number of carbonyl (C=O) groups is 1. The van der Waals surface area contributed by atoms with E-state index in [4.69, 9.17) is 21.1 Å². The Labute approximate surface area is 137 Å². The standard InChI is InChI=1S/C15H15ClN2O3S/c1-2-6-17-15-18-13(10-22-15)14(19)21-8-7-20-12-5-3-4-11(16)9-12/h2-5,9-10H,1,6-8H2,(H,17,18). The summed E-state index contributed by atoms with van der Waals surface area (Å²) in [5, 5.41) is 5.90. The third-order valence-electron chi connectivity index (χ3n) is 2.49. The molecule has 1 N–H and O–H groups in total. The number of thiazole rings is 1. The van der Waals surface area contributed by atoms with Crippen molar-refractivity contribution in [1.29, 1.82) is 0 Å². The molecule has 1 heterocycles. The summed E-state index contributed by atoms with van der Waals surface area (Å²) in [7, 11) is 0. The van der Waals surface area contributed by atoms with E-state index < -0.39 is 5.97 Å². The third kappa shape index (κ3) is 5.05. The Kier molecular flexibility index (Phi) is 6.24. The maximum atomic E-state index is 11.8. The fraction of sp³-hybridized carbons (Fsp3) is 0.200. The van der Waals surface area contributed by atoms with E-state index in [1.165, 1.54) is 11.3 Å². The largest absolute Gasteiger partial charge is 0.490 e. The SMILES string of the molecule is C=CCNc1nc(C(=O)OCCOc2cccc(Cl)c2)cs1. The van der Waals surface area contributed by atoms with E-state index in [-0.39, 0.29) is 18.9 Å². The quantitative estimate of drug-likeness (QED) is 0.452. The van der Waals surface area contributed by atoms with Gasteiger partial charge in [-0.15, -0.1) is 17.9 Å². The highest BCUT2D eigenvalue weighted by Gasteiger charge is 2.11. The fourth-order valence-corrected chi connectivity index (χ4v) is 2.40. The van der Waals surface area contributed by atoms with Crippen molar-refractivity contribution in [2.45, 2.75) is 0 Å². The average Bonchev–Trinajstić information content (AvgIpc) is 2.98. The number of aromatic nitrogens is 1. The minimum absolute atomic E-state index is 0.137. The third-order valence-corrected chi connectivity index (χ3v) is 3.53. The van der Waals surface area contributed by atoms with E-state index in [2.05, 4.69) is 16.9 Å². The van der Waals surface area contributed by atoms with E-state index >= 15 is 0 Å². The van der Waals surface area contributed by atoms with Crippen LogP contribution in [0.25, 0.3) is 0 Å². The number of esters is 1. The first-order valence-electron chi connectivity index (χ1n) is 6.55. The second kappa shape index (κ2) is 8.41. The minimum Gasteiger partial charge on any atom is -0.490 e. The zero-order valence-corrected chi connectivity index (χ0v) is 13.3. The van der Waals surface area contributed by atoms with Gasteiger partial charge in [0.25, 0.3) is 0 Å². The highest BCUT2D eigenvalue weighted by atomic mass is 35.5. The fourth-order valence-electron chi connectivity index (χ4n) is 1.53. The molecule has 0 saturated heterocycles. The van der Waals surface area contributed by atoms with Gasteiger partial charge in [-0.1, -0.05) is 23.7 Å². The summed E-state index contributed by atoms with van der Waals surface area (Å²) in [6.07, 6.45) is 1.71. The van der Waals surface area contributed by atoms with Gasteiger partial charge in [0, 0.05) is 16.9 Å². The molecule has 2 aromatic rings. The number of hydrogen-bond donors (Lipinski definition) is 1. The Morgan fingerprint density at radius 1 is 1.45 bits per heavy atom. The van der Waals surface area contributed by atoms with Gasteiger partial charge in [0.15, 0.2) is 10.8 Å². The highest BCUT2D eigenvalue weighted by Crippen LogP contribution is 2.17. The number of halogens is 1. The maximum absolute atomic E-state index is 11.8. The number of anilines is 1. The van der Waals surface area contributed by atoms with Crippen molar-refractivity contribution in [3.8, 4) is 5.75 Å². The number of benzene rings is 1. The van der Waals surface area contributed by atoms with Gasteiger partial charge in [-0.25, -0.2) is 9.78 Å². The lowest BCUT2D eigenvalue weighted by Gasteiger charge is -2.06. The molecule has 0 amide bonds. The zero-order chi connectivity index (χ0) is 15.8. The van der Waals surface area contributed by atoms with Crippen molar-refractivity contribution < 1.29 is 14.3 Å². The lowest BCUT2D eigenvalue weighted by molar-refractivity contribution is 0.0444. The van der Waals surface area contributed by atoms with Crippen LogP contribution in [0.2, 0.25) is 5.02 Å². The van der Waals surface area contributed by atoms with Gasteiger partial charge in [-0.05, 0) is 18.2 Å². The molecule has 0 fully saturated rings. The molecule has 0 bridgehead atoms. The Morgan fingerprint density at radius 3 is 3.09 bits per heavy atom. The lowest BCUT2D eigenvalue weighted by Crippen LogP contribution is -2.12. The van der Waals surface area contributed by atoms with Gasteiger partial charge >= 0.3 is 5.97 Å². The van der Waals surface area contributed by atoms with Crippen LogP contribution in [-0.2, 0) is 4.74 Å². The summed E-state index contributed by atoms with van der Waals surface area (Å²) in [4.78, 5) is 15.9. The monoisotopic (exact) mass is 338 g/mol. The number of nitrogens with one attached hydrogen (secondary N) is 1. The summed E-state index contributed by atoms with van der Waals surface area (Å²) < 4.78 is 10.5. The number of ether oxygens (including phenoxy) is 2. The van der Waals surface area contributed by atoms with Crippen LogP contribution in [0.4, 0.5) is 5.13 Å². The maximum Gasteiger partial charge on any atom is 0.358 e. The molecular weight excluding hydrogens is 324 g/mol. The van der Waals surface area contributed by atoms with Crippen LogP contribution < -0.4 is 10.1 Å². The molecule has 0 spiro atoms. The van der Waals surface area contributed by atoms with Crippen LogP contribution >= 0.6 is 22.9 Å². The summed E-state index contributed by atoms with van der Waals surface area (Å²) >= 11 is 7.18. The summed E-state index contributed by atoms with van der Waals surface area (Å²) in [6.45, 7) is 4.58. The second-order valence-corrected chi connectivity index (χ2v) is 5.44. The molecule has 0 radical (unpaired) electrons. The predicted molar refractivity (Wildman–Crippen MR) is 88.0 cm³/mol. The summed E-state index contributed by atoms with van der Waals surface area (Å²) in [5.74, 6) is 0.158. The molecule has 0 atom stereocenters. The molecule has 0 aliphatic heterocycles. The molecule has 0 aliphatic carbocycles. The minimum atomic E-state index is -0.474. The Balaban J connectivity index is 1.73. The van der Waals surface area contributed by atoms with Crippen molar-refractivity contribution in [3.63, 3.8) is 0 Å². The molecule has 7 heteroatoms. The van der Waals surface area contributed by atoms with Crippen LogP contribution in [0.3, 0.4) is 0 Å². The van der Waals surface area contributed by atoms with Crippen LogP contribution in [0.15, 0.2) is 42.3 Å². The lowest BCUT2D eigenvalue weighted by atomic mass is 10.3. The smallest absolute Gasteiger partial charge is 0.358 e. The first kappa shape index (κ1) is 16.3. The van der Waals surface area contributed by atoms with E-state index in [0.717, 1.165) is 0 Å². The molecule has 1 aromatic heterocycles. The molecule has 2 rings (SSSR count). The molecule has 116 valence electrons. The van der Waals surface area contributed by atoms with Crippen molar-refractivity contribution in [2.24, 2.45) is 0 Å². The number of nitrogens with zero attached hydrogens (tertiary/aromatic N) is 1. The molecule has 5 nitrogen and oxygen atoms in total. The van der Waals surface area contributed by atoms with E-state index in [1.54, 1.807) is 35.7 Å². The molecule has 0 unspecified atom stereocenters. The van der Waals surface area contributed by atoms with Crippen LogP contribution in [0.1, 0.15) is 10.5 Å². The van der Waals surface area contributed by atoms with E-state index in [1.807, 2.05) is 0 Å². The summed E-state index contributed by atoms with van der Waals surface area (Å²) in [6, 6.07) is 7.03. The number of carbonyl (C=O) groups excluding carboxylic acids is 1. The Morgan fingerprint density at radius 2 is 2.32 bits per heavy atom. The van der Waals surface area contributed by atoms with E-state index in [9.17, 15) is 4.79 Å². The highest BCUT2D eigenvalue weighted by molar-refractivity contribution is 7.13. The van der Waals surface area contributed by atoms with Crippen LogP contribution in [0.5, 0.6) is 5.75 Å². The first-order chi connectivity index (χ1) is 10.7. The van der Waals surface area contributed by atoms with Crippen molar-refractivity contribution in [3.05, 3.63) is 53.0 Å². The molecular formula is C15H15ClN2O3S. The number of hydrogen-bond acceptors (Lipinski definition) is 6. The van der Waals surface area contributed by atoms with E-state index in [0.29, 0.717) is 22.4 Å². The zero-order valence-electron chi connectivity index (χ0n) is 11.8.